The van der Waals surface area contributed by atoms with Gasteiger partial charge in [-0.25, -0.2) is 14.8 Å². The third-order valence-electron chi connectivity index (χ3n) is 4.78. The van der Waals surface area contributed by atoms with Gasteiger partial charge in [0.2, 0.25) is 5.91 Å². The molecule has 0 fully saturated rings. The van der Waals surface area contributed by atoms with Gasteiger partial charge in [-0.15, -0.1) is 0 Å². The number of carbonyl (C=O) groups excluding carboxylic acids is 2. The highest BCUT2D eigenvalue weighted by atomic mass is 32.1. The standard InChI is InChI=1S/C23H22N6O6S/c1-14(30)27-22-28-19(11-6-15-2-7-17(8-3-15)25-13-26-23(32)33)20(36-22)21(31)24-12-16-4-9-18(10-5-16)29(34)35/h2-5,7-10,13H,6,11-12H2,1H3,(H,24,31)(H,25,26)(H,32,33)(H,27,28,30). The maximum absolute atomic E-state index is 12.9. The summed E-state index contributed by atoms with van der Waals surface area (Å²) in [6, 6.07) is 13.0. The summed E-state index contributed by atoms with van der Waals surface area (Å²) in [7, 11) is 0. The van der Waals surface area contributed by atoms with Crippen LogP contribution in [0, 0.1) is 10.1 Å². The summed E-state index contributed by atoms with van der Waals surface area (Å²) in [6.07, 6.45) is 0.866. The Morgan fingerprint density at radius 1 is 1.08 bits per heavy atom. The number of nitrogens with one attached hydrogen (secondary N) is 3. The van der Waals surface area contributed by atoms with E-state index in [9.17, 15) is 24.5 Å². The van der Waals surface area contributed by atoms with Crippen LogP contribution in [0.5, 0.6) is 0 Å². The first-order valence-electron chi connectivity index (χ1n) is 10.6. The topological polar surface area (TPSA) is 176 Å². The number of aromatic nitrogens is 1. The first kappa shape index (κ1) is 26.0. The second-order valence-corrected chi connectivity index (χ2v) is 8.46. The summed E-state index contributed by atoms with van der Waals surface area (Å²) in [5.74, 6) is -0.672. The SMILES string of the molecule is CC(=O)Nc1nc(CCc2ccc(N=CNC(=O)O)cc2)c(C(=O)NCc2ccc([N+](=O)[O-])cc2)s1. The lowest BCUT2D eigenvalue weighted by Crippen LogP contribution is -2.23. The Morgan fingerprint density at radius 3 is 2.36 bits per heavy atom. The molecule has 0 unspecified atom stereocenters. The summed E-state index contributed by atoms with van der Waals surface area (Å²) < 4.78 is 0. The molecule has 0 saturated carbocycles. The maximum atomic E-state index is 12.9. The molecule has 0 radical (unpaired) electrons. The van der Waals surface area contributed by atoms with Crippen LogP contribution in [0.3, 0.4) is 0 Å². The highest BCUT2D eigenvalue weighted by molar-refractivity contribution is 7.17. The Kier molecular flexibility index (Phi) is 8.78. The number of carboxylic acid groups (broad SMARTS) is 1. The van der Waals surface area contributed by atoms with E-state index < -0.39 is 11.0 Å². The van der Waals surface area contributed by atoms with Crippen LogP contribution >= 0.6 is 11.3 Å². The van der Waals surface area contributed by atoms with Gasteiger partial charge in [-0.2, -0.15) is 0 Å². The number of amides is 3. The molecule has 186 valence electrons. The van der Waals surface area contributed by atoms with Gasteiger partial charge in [0.1, 0.15) is 4.88 Å². The van der Waals surface area contributed by atoms with Crippen LogP contribution in [0.4, 0.5) is 21.3 Å². The maximum Gasteiger partial charge on any atom is 0.409 e. The van der Waals surface area contributed by atoms with Crippen molar-refractivity contribution < 1.29 is 24.4 Å². The van der Waals surface area contributed by atoms with Crippen molar-refractivity contribution in [2.75, 3.05) is 5.32 Å². The van der Waals surface area contributed by atoms with Crippen molar-refractivity contribution in [3.8, 4) is 0 Å². The van der Waals surface area contributed by atoms with E-state index in [1.165, 1.54) is 19.1 Å². The Labute approximate surface area is 209 Å². The fourth-order valence-electron chi connectivity index (χ4n) is 3.07. The van der Waals surface area contributed by atoms with Crippen LogP contribution in [0.1, 0.15) is 33.4 Å². The number of aliphatic imine (C=N–C) groups is 1. The summed E-state index contributed by atoms with van der Waals surface area (Å²) in [5, 5.41) is 27.1. The van der Waals surface area contributed by atoms with E-state index in [-0.39, 0.29) is 24.0 Å². The van der Waals surface area contributed by atoms with E-state index in [0.29, 0.717) is 39.8 Å². The molecule has 0 atom stereocenters. The quantitative estimate of drug-likeness (QED) is 0.139. The van der Waals surface area contributed by atoms with Gasteiger partial charge in [0.25, 0.3) is 11.6 Å². The van der Waals surface area contributed by atoms with Gasteiger partial charge in [-0.3, -0.25) is 25.0 Å². The molecule has 0 saturated heterocycles. The van der Waals surface area contributed by atoms with Crippen molar-refractivity contribution in [3.63, 3.8) is 0 Å². The minimum atomic E-state index is -1.20. The van der Waals surface area contributed by atoms with E-state index >= 15 is 0 Å². The van der Waals surface area contributed by atoms with E-state index in [2.05, 4.69) is 20.6 Å². The number of anilines is 1. The minimum absolute atomic E-state index is 0.0356. The zero-order valence-corrected chi connectivity index (χ0v) is 19.9. The van der Waals surface area contributed by atoms with E-state index in [0.717, 1.165) is 23.2 Å². The molecule has 1 aromatic heterocycles. The molecule has 0 aliphatic carbocycles. The van der Waals surface area contributed by atoms with Gasteiger partial charge in [0.15, 0.2) is 5.13 Å². The Balaban J connectivity index is 1.67. The zero-order chi connectivity index (χ0) is 26.1. The average Bonchev–Trinajstić information content (AvgIpc) is 3.24. The lowest BCUT2D eigenvalue weighted by Gasteiger charge is -2.06. The summed E-state index contributed by atoms with van der Waals surface area (Å²) in [6.45, 7) is 1.52. The fourth-order valence-corrected chi connectivity index (χ4v) is 4.05. The molecule has 3 rings (SSSR count). The molecule has 0 spiro atoms. The molecule has 13 heteroatoms. The summed E-state index contributed by atoms with van der Waals surface area (Å²) in [5.41, 5.74) is 2.71. The molecular weight excluding hydrogens is 488 g/mol. The van der Waals surface area contributed by atoms with E-state index in [4.69, 9.17) is 5.11 Å². The molecule has 0 aliphatic rings. The van der Waals surface area contributed by atoms with Gasteiger partial charge in [-0.05, 0) is 36.1 Å². The first-order chi connectivity index (χ1) is 17.2. The molecule has 36 heavy (non-hydrogen) atoms. The number of nitro groups is 1. The molecule has 3 amide bonds. The fraction of sp³-hybridized carbons (Fsp3) is 0.174. The normalized spacial score (nSPS) is 10.7. The average molecular weight is 511 g/mol. The number of rotatable bonds is 10. The summed E-state index contributed by atoms with van der Waals surface area (Å²) in [4.78, 5) is 53.9. The predicted octanol–water partition coefficient (Wildman–Crippen LogP) is 3.65. The molecule has 12 nitrogen and oxygen atoms in total. The van der Waals surface area contributed by atoms with Gasteiger partial charge in [0, 0.05) is 25.6 Å². The number of thiazole rings is 1. The van der Waals surface area contributed by atoms with Crippen molar-refractivity contribution in [3.05, 3.63) is 80.3 Å². The number of hydrogen-bond donors (Lipinski definition) is 4. The second kappa shape index (κ2) is 12.2. The monoisotopic (exact) mass is 510 g/mol. The number of benzene rings is 2. The van der Waals surface area contributed by atoms with Crippen molar-refractivity contribution in [2.24, 2.45) is 4.99 Å². The third kappa shape index (κ3) is 7.70. The number of hydrogen-bond acceptors (Lipinski definition) is 8. The van der Waals surface area contributed by atoms with Gasteiger partial charge in [-0.1, -0.05) is 35.6 Å². The van der Waals surface area contributed by atoms with E-state index in [1.54, 1.807) is 24.3 Å². The van der Waals surface area contributed by atoms with Crippen LogP contribution in [-0.2, 0) is 24.2 Å². The predicted molar refractivity (Wildman–Crippen MR) is 134 cm³/mol. The number of aryl methyl sites for hydroxylation is 2. The molecule has 4 N–H and O–H groups in total. The summed E-state index contributed by atoms with van der Waals surface area (Å²) >= 11 is 1.07. The van der Waals surface area contributed by atoms with Gasteiger partial charge < -0.3 is 15.7 Å². The Hall–Kier alpha value is -4.65. The van der Waals surface area contributed by atoms with E-state index in [1.807, 2.05) is 17.4 Å². The van der Waals surface area contributed by atoms with Crippen molar-refractivity contribution >= 4 is 52.1 Å². The van der Waals surface area contributed by atoms with Gasteiger partial charge in [0.05, 0.1) is 22.6 Å². The lowest BCUT2D eigenvalue weighted by molar-refractivity contribution is -0.384. The van der Waals surface area contributed by atoms with Crippen LogP contribution in [0.15, 0.2) is 53.5 Å². The first-order valence-corrected chi connectivity index (χ1v) is 11.4. The van der Waals surface area contributed by atoms with Gasteiger partial charge >= 0.3 is 6.09 Å². The molecule has 2 aromatic carbocycles. The van der Waals surface area contributed by atoms with Crippen LogP contribution in [-0.4, -0.2) is 39.3 Å². The number of carbonyl (C=O) groups is 3. The molecule has 0 bridgehead atoms. The highest BCUT2D eigenvalue weighted by Gasteiger charge is 2.19. The third-order valence-corrected chi connectivity index (χ3v) is 5.79. The number of nitro benzene ring substituents is 1. The number of nitrogens with zero attached hydrogens (tertiary/aromatic N) is 3. The molecule has 0 aliphatic heterocycles. The van der Waals surface area contributed by atoms with Crippen LogP contribution in [0.2, 0.25) is 0 Å². The lowest BCUT2D eigenvalue weighted by atomic mass is 10.1. The largest absolute Gasteiger partial charge is 0.465 e. The Morgan fingerprint density at radius 2 is 1.75 bits per heavy atom. The second-order valence-electron chi connectivity index (χ2n) is 7.46. The van der Waals surface area contributed by atoms with Crippen LogP contribution in [0.25, 0.3) is 0 Å². The number of non-ortho nitro benzene ring substituents is 1. The van der Waals surface area contributed by atoms with Crippen LogP contribution < -0.4 is 16.0 Å². The Bertz CT molecular complexity index is 1290. The molecule has 3 aromatic rings. The van der Waals surface area contributed by atoms with Crippen molar-refractivity contribution in [1.29, 1.82) is 0 Å². The minimum Gasteiger partial charge on any atom is -0.465 e. The zero-order valence-electron chi connectivity index (χ0n) is 19.1. The smallest absolute Gasteiger partial charge is 0.409 e. The van der Waals surface area contributed by atoms with Crippen molar-refractivity contribution in [1.82, 2.24) is 15.6 Å². The molecular formula is C23H22N6O6S. The van der Waals surface area contributed by atoms with Crippen molar-refractivity contribution in [2.45, 2.75) is 26.3 Å². The highest BCUT2D eigenvalue weighted by Crippen LogP contribution is 2.25. The molecule has 1 heterocycles.